The quantitative estimate of drug-likeness (QED) is 0.416. The lowest BCUT2D eigenvalue weighted by atomic mass is 9.99. The summed E-state index contributed by atoms with van der Waals surface area (Å²) in [5.74, 6) is -0.639. The maximum absolute atomic E-state index is 11.4. The van der Waals surface area contributed by atoms with Crippen LogP contribution in [0.15, 0.2) is 0 Å². The van der Waals surface area contributed by atoms with Gasteiger partial charge in [0.05, 0.1) is 13.2 Å². The molecule has 0 aromatic heterocycles. The molecule has 6 atom stereocenters. The van der Waals surface area contributed by atoms with Crippen LogP contribution >= 0.6 is 0 Å². The van der Waals surface area contributed by atoms with Gasteiger partial charge in [-0.05, 0) is 13.8 Å². The van der Waals surface area contributed by atoms with Crippen molar-refractivity contribution in [3.05, 3.63) is 0 Å². The van der Waals surface area contributed by atoms with Crippen LogP contribution in [0, 0.1) is 0 Å². The lowest BCUT2D eigenvalue weighted by molar-refractivity contribution is -0.308. The van der Waals surface area contributed by atoms with Gasteiger partial charge in [-0.3, -0.25) is 0 Å². The maximum atomic E-state index is 11.4. The molecular weight excluding hydrogens is 260 g/mol. The Kier molecular flexibility index (Phi) is 6.11. The van der Waals surface area contributed by atoms with Gasteiger partial charge in [0.2, 0.25) is 0 Å². The zero-order chi connectivity index (χ0) is 14.6. The van der Waals surface area contributed by atoms with Gasteiger partial charge in [-0.2, -0.15) is 0 Å². The first-order valence-electron chi connectivity index (χ1n) is 6.05. The summed E-state index contributed by atoms with van der Waals surface area (Å²) in [5, 5.41) is 37.8. The van der Waals surface area contributed by atoms with Crippen molar-refractivity contribution in [3.8, 4) is 0 Å². The zero-order valence-corrected chi connectivity index (χ0v) is 10.8. The molecule has 1 aliphatic rings. The van der Waals surface area contributed by atoms with Crippen LogP contribution < -0.4 is 0 Å². The summed E-state index contributed by atoms with van der Waals surface area (Å²) in [4.78, 5) is 11.4. The van der Waals surface area contributed by atoms with Crippen LogP contribution in [-0.2, 0) is 19.0 Å². The number of aliphatic hydroxyl groups excluding tert-OH is 4. The number of hydrogen-bond donors (Lipinski definition) is 4. The van der Waals surface area contributed by atoms with Gasteiger partial charge in [-0.15, -0.1) is 0 Å². The largest absolute Gasteiger partial charge is 0.464 e. The molecule has 1 fully saturated rings. The Labute approximate surface area is 110 Å². The molecule has 8 heteroatoms. The topological polar surface area (TPSA) is 126 Å². The second kappa shape index (κ2) is 7.13. The fourth-order valence-corrected chi connectivity index (χ4v) is 1.70. The first kappa shape index (κ1) is 16.3. The van der Waals surface area contributed by atoms with E-state index < -0.39 is 49.4 Å². The molecule has 1 heterocycles. The summed E-state index contributed by atoms with van der Waals surface area (Å²) in [6.45, 7) is 2.66. The molecule has 0 saturated carbocycles. The van der Waals surface area contributed by atoms with Gasteiger partial charge >= 0.3 is 5.97 Å². The first-order valence-corrected chi connectivity index (χ1v) is 6.05. The fourth-order valence-electron chi connectivity index (χ4n) is 1.70. The number of aliphatic hydroxyl groups is 4. The van der Waals surface area contributed by atoms with Gasteiger partial charge in [0.1, 0.15) is 24.4 Å². The highest BCUT2D eigenvalue weighted by Crippen LogP contribution is 2.23. The van der Waals surface area contributed by atoms with Crippen LogP contribution in [0.3, 0.4) is 0 Å². The number of carbonyl (C=O) groups excluding carboxylic acids is 1. The van der Waals surface area contributed by atoms with E-state index in [0.717, 1.165) is 0 Å². The predicted octanol–water partition coefficient (Wildman–Crippen LogP) is -2.25. The molecule has 0 bridgehead atoms. The van der Waals surface area contributed by atoms with Crippen molar-refractivity contribution < 1.29 is 39.4 Å². The van der Waals surface area contributed by atoms with Crippen LogP contribution in [0.4, 0.5) is 0 Å². The molecule has 1 unspecified atom stereocenters. The lowest BCUT2D eigenvalue weighted by Gasteiger charge is -2.40. The van der Waals surface area contributed by atoms with E-state index in [4.69, 9.17) is 19.3 Å². The van der Waals surface area contributed by atoms with Crippen molar-refractivity contribution >= 4 is 5.97 Å². The third kappa shape index (κ3) is 3.85. The Morgan fingerprint density at radius 2 is 1.89 bits per heavy atom. The SMILES string of the molecule is CCOC(=O)C(C)O[C@@H]1O[C@H](CO)[C@H](O)[C@H](O)[C@H]1O. The molecule has 0 spiro atoms. The number of ether oxygens (including phenoxy) is 3. The molecule has 0 aromatic carbocycles. The van der Waals surface area contributed by atoms with Crippen LogP contribution in [0.25, 0.3) is 0 Å². The minimum absolute atomic E-state index is 0.182. The zero-order valence-electron chi connectivity index (χ0n) is 10.8. The second-order valence-electron chi connectivity index (χ2n) is 4.23. The van der Waals surface area contributed by atoms with Crippen molar-refractivity contribution in [2.45, 2.75) is 50.7 Å². The number of hydrogen-bond acceptors (Lipinski definition) is 8. The Hall–Kier alpha value is -0.770. The third-order valence-electron chi connectivity index (χ3n) is 2.81. The van der Waals surface area contributed by atoms with Crippen molar-refractivity contribution in [1.29, 1.82) is 0 Å². The first-order chi connectivity index (χ1) is 8.92. The van der Waals surface area contributed by atoms with Crippen molar-refractivity contribution in [1.82, 2.24) is 0 Å². The number of carbonyl (C=O) groups is 1. The van der Waals surface area contributed by atoms with Gasteiger partial charge in [-0.1, -0.05) is 0 Å². The van der Waals surface area contributed by atoms with Crippen LogP contribution in [-0.4, -0.2) is 76.4 Å². The Morgan fingerprint density at radius 1 is 1.26 bits per heavy atom. The molecule has 4 N–H and O–H groups in total. The van der Waals surface area contributed by atoms with Crippen LogP contribution in [0.5, 0.6) is 0 Å². The average Bonchev–Trinajstić information content (AvgIpc) is 2.39. The molecular formula is C11H20O8. The Morgan fingerprint density at radius 3 is 2.42 bits per heavy atom. The fraction of sp³-hybridized carbons (Fsp3) is 0.909. The minimum Gasteiger partial charge on any atom is -0.464 e. The molecule has 0 aliphatic carbocycles. The Bertz CT molecular complexity index is 294. The highest BCUT2D eigenvalue weighted by molar-refractivity contribution is 5.74. The van der Waals surface area contributed by atoms with Gasteiger partial charge in [0.25, 0.3) is 0 Å². The van der Waals surface area contributed by atoms with E-state index in [0.29, 0.717) is 0 Å². The standard InChI is InChI=1S/C11H20O8/c1-3-17-10(16)5(2)18-11-9(15)8(14)7(13)6(4-12)19-11/h5-9,11-15H,3-4H2,1-2H3/t5?,6-,7+,8+,9-,11-/m1/s1. The van der Waals surface area contributed by atoms with Gasteiger partial charge in [0, 0.05) is 0 Å². The molecule has 0 amide bonds. The van der Waals surface area contributed by atoms with Gasteiger partial charge in [0.15, 0.2) is 12.4 Å². The summed E-state index contributed by atoms with van der Waals surface area (Å²) in [5.41, 5.74) is 0. The van der Waals surface area contributed by atoms with E-state index in [1.165, 1.54) is 6.92 Å². The number of rotatable bonds is 5. The van der Waals surface area contributed by atoms with E-state index in [2.05, 4.69) is 0 Å². The summed E-state index contributed by atoms with van der Waals surface area (Å²) >= 11 is 0. The summed E-state index contributed by atoms with van der Waals surface area (Å²) in [6.07, 6.45) is -7.95. The second-order valence-corrected chi connectivity index (χ2v) is 4.23. The molecule has 0 aromatic rings. The lowest BCUT2D eigenvalue weighted by Crippen LogP contribution is -2.59. The highest BCUT2D eigenvalue weighted by atomic mass is 16.7. The normalized spacial score (nSPS) is 36.8. The highest BCUT2D eigenvalue weighted by Gasteiger charge is 2.45. The maximum Gasteiger partial charge on any atom is 0.335 e. The monoisotopic (exact) mass is 280 g/mol. The van der Waals surface area contributed by atoms with E-state index in [-0.39, 0.29) is 6.61 Å². The summed E-state index contributed by atoms with van der Waals surface area (Å²) < 4.78 is 14.9. The molecule has 1 saturated heterocycles. The van der Waals surface area contributed by atoms with Crippen molar-refractivity contribution in [2.75, 3.05) is 13.2 Å². The minimum atomic E-state index is -1.54. The van der Waals surface area contributed by atoms with E-state index in [9.17, 15) is 20.1 Å². The van der Waals surface area contributed by atoms with Gasteiger partial charge in [-0.25, -0.2) is 4.79 Å². The van der Waals surface area contributed by atoms with Crippen LogP contribution in [0.2, 0.25) is 0 Å². The van der Waals surface area contributed by atoms with Gasteiger partial charge < -0.3 is 34.6 Å². The molecule has 0 radical (unpaired) electrons. The summed E-state index contributed by atoms with van der Waals surface area (Å²) in [7, 11) is 0. The summed E-state index contributed by atoms with van der Waals surface area (Å²) in [6, 6.07) is 0. The third-order valence-corrected chi connectivity index (χ3v) is 2.81. The van der Waals surface area contributed by atoms with E-state index in [1.807, 2.05) is 0 Å². The molecule has 112 valence electrons. The Balaban J connectivity index is 2.63. The molecule has 1 rings (SSSR count). The smallest absolute Gasteiger partial charge is 0.335 e. The number of esters is 1. The van der Waals surface area contributed by atoms with Crippen molar-refractivity contribution in [3.63, 3.8) is 0 Å². The average molecular weight is 280 g/mol. The molecule has 19 heavy (non-hydrogen) atoms. The van der Waals surface area contributed by atoms with E-state index >= 15 is 0 Å². The molecule has 8 nitrogen and oxygen atoms in total. The van der Waals surface area contributed by atoms with Crippen molar-refractivity contribution in [2.24, 2.45) is 0 Å². The van der Waals surface area contributed by atoms with E-state index in [1.54, 1.807) is 6.92 Å². The molecule has 1 aliphatic heterocycles. The predicted molar refractivity (Wildman–Crippen MR) is 60.9 cm³/mol. The van der Waals surface area contributed by atoms with Crippen LogP contribution in [0.1, 0.15) is 13.8 Å².